The molecule has 2 rings (SSSR count). The van der Waals surface area contributed by atoms with E-state index in [1.165, 1.54) is 16.7 Å². The Morgan fingerprint density at radius 1 is 1.29 bits per heavy atom. The molecule has 74 valence electrons. The lowest BCUT2D eigenvalue weighted by atomic mass is 9.98. The first-order valence-corrected chi connectivity index (χ1v) is 4.97. The minimum Gasteiger partial charge on any atom is -0.372 e. The lowest BCUT2D eigenvalue weighted by Gasteiger charge is -2.19. The van der Waals surface area contributed by atoms with Gasteiger partial charge in [-0.05, 0) is 29.7 Å². The Labute approximate surface area is 84.4 Å². The third kappa shape index (κ3) is 1.86. The highest BCUT2D eigenvalue weighted by molar-refractivity contribution is 5.70. The summed E-state index contributed by atoms with van der Waals surface area (Å²) in [5, 5.41) is 0. The molecular weight excluding hydrogens is 174 g/mol. The first-order valence-electron chi connectivity index (χ1n) is 4.97. The highest BCUT2D eigenvalue weighted by atomic mass is 16.5. The number of ether oxygens (including phenoxy) is 1. The van der Waals surface area contributed by atoms with Crippen molar-refractivity contribution >= 4 is 5.57 Å². The predicted octanol–water partition coefficient (Wildman–Crippen LogP) is 1.95. The molecule has 0 spiro atoms. The maximum atomic E-state index is 5.50. The van der Waals surface area contributed by atoms with Gasteiger partial charge in [-0.3, -0.25) is 0 Å². The summed E-state index contributed by atoms with van der Waals surface area (Å²) < 4.78 is 5.50. The Balaban J connectivity index is 2.31. The molecule has 0 bridgehead atoms. The monoisotopic (exact) mass is 189 g/mol. The van der Waals surface area contributed by atoms with Crippen molar-refractivity contribution in [1.82, 2.24) is 0 Å². The molecule has 0 amide bonds. The summed E-state index contributed by atoms with van der Waals surface area (Å²) in [4.78, 5) is 0. The predicted molar refractivity (Wildman–Crippen MR) is 57.7 cm³/mol. The number of fused-ring (bicyclic) bond motifs is 1. The summed E-state index contributed by atoms with van der Waals surface area (Å²) in [7, 11) is 0. The van der Waals surface area contributed by atoms with Crippen molar-refractivity contribution < 1.29 is 4.74 Å². The minimum absolute atomic E-state index is 0.700. The molecule has 2 nitrogen and oxygen atoms in total. The Morgan fingerprint density at radius 3 is 3.00 bits per heavy atom. The van der Waals surface area contributed by atoms with E-state index >= 15 is 0 Å². The second kappa shape index (κ2) is 4.40. The molecule has 0 unspecified atom stereocenters. The van der Waals surface area contributed by atoms with Crippen LogP contribution in [-0.2, 0) is 11.3 Å². The first kappa shape index (κ1) is 9.44. The van der Waals surface area contributed by atoms with Crippen LogP contribution in [0.1, 0.15) is 17.5 Å². The molecule has 1 aliphatic rings. The molecule has 0 atom stereocenters. The van der Waals surface area contributed by atoms with Gasteiger partial charge in [-0.15, -0.1) is 0 Å². The van der Waals surface area contributed by atoms with Gasteiger partial charge in [0.1, 0.15) is 0 Å². The molecule has 2 N–H and O–H groups in total. The maximum Gasteiger partial charge on any atom is 0.0727 e. The summed E-state index contributed by atoms with van der Waals surface area (Å²) >= 11 is 0. The van der Waals surface area contributed by atoms with Gasteiger partial charge < -0.3 is 10.5 Å². The Kier molecular flexibility index (Phi) is 2.96. The standard InChI is InChI=1S/C12H15NO/c13-7-3-5-11-9-14-8-10-4-1-2-6-12(10)11/h1-2,4-6H,3,7-9,13H2/b11-5-. The zero-order valence-corrected chi connectivity index (χ0v) is 8.20. The van der Waals surface area contributed by atoms with Gasteiger partial charge in [0.15, 0.2) is 0 Å². The number of benzene rings is 1. The molecule has 1 aromatic carbocycles. The van der Waals surface area contributed by atoms with Crippen molar-refractivity contribution in [3.05, 3.63) is 41.5 Å². The zero-order chi connectivity index (χ0) is 9.80. The van der Waals surface area contributed by atoms with Crippen LogP contribution in [0.25, 0.3) is 5.57 Å². The van der Waals surface area contributed by atoms with Crippen molar-refractivity contribution in [1.29, 1.82) is 0 Å². The number of hydrogen-bond donors (Lipinski definition) is 1. The fraction of sp³-hybridized carbons (Fsp3) is 0.333. The molecule has 0 radical (unpaired) electrons. The molecule has 0 fully saturated rings. The quantitative estimate of drug-likeness (QED) is 0.771. The third-order valence-electron chi connectivity index (χ3n) is 2.44. The molecule has 14 heavy (non-hydrogen) atoms. The fourth-order valence-corrected chi connectivity index (χ4v) is 1.73. The van der Waals surface area contributed by atoms with E-state index in [4.69, 9.17) is 10.5 Å². The van der Waals surface area contributed by atoms with E-state index in [0.717, 1.165) is 19.6 Å². The van der Waals surface area contributed by atoms with Crippen molar-refractivity contribution in [2.24, 2.45) is 5.73 Å². The lowest BCUT2D eigenvalue weighted by Crippen LogP contribution is -2.09. The molecule has 0 aliphatic carbocycles. The van der Waals surface area contributed by atoms with Gasteiger partial charge in [-0.1, -0.05) is 30.3 Å². The van der Waals surface area contributed by atoms with Gasteiger partial charge in [-0.25, -0.2) is 0 Å². The van der Waals surface area contributed by atoms with Crippen LogP contribution in [0.3, 0.4) is 0 Å². The van der Waals surface area contributed by atoms with Crippen LogP contribution in [0.4, 0.5) is 0 Å². The average Bonchev–Trinajstić information content (AvgIpc) is 2.26. The van der Waals surface area contributed by atoms with E-state index in [-0.39, 0.29) is 0 Å². The van der Waals surface area contributed by atoms with Gasteiger partial charge >= 0.3 is 0 Å². The summed E-state index contributed by atoms with van der Waals surface area (Å²) in [6.07, 6.45) is 3.10. The SMILES string of the molecule is NCC/C=C1/COCc2ccccc21. The van der Waals surface area contributed by atoms with Crippen molar-refractivity contribution in [2.75, 3.05) is 13.2 Å². The van der Waals surface area contributed by atoms with Crippen LogP contribution in [0.5, 0.6) is 0 Å². The van der Waals surface area contributed by atoms with Crippen LogP contribution in [0.2, 0.25) is 0 Å². The minimum atomic E-state index is 0.700. The van der Waals surface area contributed by atoms with Crippen molar-refractivity contribution in [2.45, 2.75) is 13.0 Å². The Morgan fingerprint density at radius 2 is 2.14 bits per heavy atom. The lowest BCUT2D eigenvalue weighted by molar-refractivity contribution is 0.146. The van der Waals surface area contributed by atoms with Crippen LogP contribution in [0.15, 0.2) is 30.3 Å². The topological polar surface area (TPSA) is 35.2 Å². The van der Waals surface area contributed by atoms with Crippen LogP contribution in [-0.4, -0.2) is 13.2 Å². The molecule has 1 aromatic rings. The molecule has 0 aromatic heterocycles. The molecular formula is C12H15NO. The number of hydrogen-bond acceptors (Lipinski definition) is 2. The summed E-state index contributed by atoms with van der Waals surface area (Å²) in [6, 6.07) is 8.39. The largest absolute Gasteiger partial charge is 0.372 e. The van der Waals surface area contributed by atoms with Crippen LogP contribution < -0.4 is 5.73 Å². The van der Waals surface area contributed by atoms with Crippen LogP contribution in [0, 0.1) is 0 Å². The highest BCUT2D eigenvalue weighted by Gasteiger charge is 2.12. The van der Waals surface area contributed by atoms with E-state index in [1.54, 1.807) is 0 Å². The normalized spacial score (nSPS) is 18.2. The smallest absolute Gasteiger partial charge is 0.0727 e. The molecule has 1 heterocycles. The van der Waals surface area contributed by atoms with Gasteiger partial charge in [0.2, 0.25) is 0 Å². The van der Waals surface area contributed by atoms with E-state index in [9.17, 15) is 0 Å². The van der Waals surface area contributed by atoms with Crippen molar-refractivity contribution in [3.8, 4) is 0 Å². The average molecular weight is 189 g/mol. The Hall–Kier alpha value is -1.12. The van der Waals surface area contributed by atoms with E-state index in [2.05, 4.69) is 24.3 Å². The number of nitrogens with two attached hydrogens (primary N) is 1. The number of rotatable bonds is 2. The molecule has 0 saturated carbocycles. The molecule has 0 saturated heterocycles. The molecule has 2 heteroatoms. The summed E-state index contributed by atoms with van der Waals surface area (Å²) in [5.74, 6) is 0. The van der Waals surface area contributed by atoms with Crippen LogP contribution >= 0.6 is 0 Å². The van der Waals surface area contributed by atoms with Crippen molar-refractivity contribution in [3.63, 3.8) is 0 Å². The summed E-state index contributed by atoms with van der Waals surface area (Å²) in [5.41, 5.74) is 9.36. The Bertz CT molecular complexity index is 344. The first-order chi connectivity index (χ1) is 6.92. The van der Waals surface area contributed by atoms with Gasteiger partial charge in [0.05, 0.1) is 13.2 Å². The van der Waals surface area contributed by atoms with E-state index < -0.39 is 0 Å². The second-order valence-corrected chi connectivity index (χ2v) is 3.46. The fourth-order valence-electron chi connectivity index (χ4n) is 1.73. The van der Waals surface area contributed by atoms with E-state index in [0.29, 0.717) is 6.54 Å². The molecule has 1 aliphatic heterocycles. The highest BCUT2D eigenvalue weighted by Crippen LogP contribution is 2.25. The second-order valence-electron chi connectivity index (χ2n) is 3.46. The third-order valence-corrected chi connectivity index (χ3v) is 2.44. The summed E-state index contributed by atoms with van der Waals surface area (Å²) in [6.45, 7) is 2.15. The maximum absolute atomic E-state index is 5.50. The van der Waals surface area contributed by atoms with Gasteiger partial charge in [0.25, 0.3) is 0 Å². The van der Waals surface area contributed by atoms with E-state index in [1.807, 2.05) is 6.07 Å². The van der Waals surface area contributed by atoms with Gasteiger partial charge in [0, 0.05) is 0 Å². The zero-order valence-electron chi connectivity index (χ0n) is 8.20. The van der Waals surface area contributed by atoms with Gasteiger partial charge in [-0.2, -0.15) is 0 Å².